The Kier molecular flexibility index (Phi) is 3.18. The lowest BCUT2D eigenvalue weighted by atomic mass is 10.5. The van der Waals surface area contributed by atoms with Gasteiger partial charge >= 0.3 is 0 Å². The summed E-state index contributed by atoms with van der Waals surface area (Å²) >= 11 is 1.60. The summed E-state index contributed by atoms with van der Waals surface area (Å²) in [6.07, 6.45) is 0. The van der Waals surface area contributed by atoms with Crippen molar-refractivity contribution in [2.24, 2.45) is 0 Å². The Balaban J connectivity index is 2.78. The summed E-state index contributed by atoms with van der Waals surface area (Å²) in [6, 6.07) is 3.97. The molecule has 0 aromatic carbocycles. The molecule has 0 saturated heterocycles. The zero-order valence-corrected chi connectivity index (χ0v) is 10.3. The summed E-state index contributed by atoms with van der Waals surface area (Å²) in [5, 5.41) is 0.930. The van der Waals surface area contributed by atoms with Crippen molar-refractivity contribution in [3.8, 4) is 16.5 Å². The highest BCUT2D eigenvalue weighted by Crippen LogP contribution is 2.22. The van der Waals surface area contributed by atoms with Crippen LogP contribution in [0.1, 0.15) is 4.88 Å². The maximum atomic E-state index is 5.09. The molecule has 0 aliphatic carbocycles. The second kappa shape index (κ2) is 3.99. The van der Waals surface area contributed by atoms with Crippen molar-refractivity contribution in [1.29, 1.82) is 0 Å². The van der Waals surface area contributed by atoms with Crippen LogP contribution in [0.15, 0.2) is 12.1 Å². The largest absolute Gasteiger partial charge is 0.487 e. The van der Waals surface area contributed by atoms with Crippen LogP contribution >= 0.6 is 11.3 Å². The van der Waals surface area contributed by atoms with Crippen molar-refractivity contribution in [3.05, 3.63) is 17.0 Å². The molecule has 0 aliphatic rings. The molecule has 0 N–H and O–H groups in total. The highest BCUT2D eigenvalue weighted by atomic mass is 32.1. The van der Waals surface area contributed by atoms with Crippen LogP contribution in [0.3, 0.4) is 0 Å². The molecule has 70 valence electrons. The lowest BCUT2D eigenvalue weighted by Crippen LogP contribution is -2.16. The van der Waals surface area contributed by atoms with Crippen molar-refractivity contribution in [1.82, 2.24) is 0 Å². The van der Waals surface area contributed by atoms with E-state index in [4.69, 9.17) is 4.74 Å². The summed E-state index contributed by atoms with van der Waals surface area (Å²) in [5.41, 5.74) is 3.32. The van der Waals surface area contributed by atoms with Gasteiger partial charge in [-0.05, 0) is 12.1 Å². The average Bonchev–Trinajstić information content (AvgIpc) is 2.47. The first-order valence-electron chi connectivity index (χ1n) is 4.18. The number of ether oxygens (including phenoxy) is 1. The van der Waals surface area contributed by atoms with Gasteiger partial charge in [-0.1, -0.05) is 36.9 Å². The number of methoxy groups -OCH3 is 1. The van der Waals surface area contributed by atoms with Gasteiger partial charge in [0.1, 0.15) is 8.07 Å². The van der Waals surface area contributed by atoms with Gasteiger partial charge in [0, 0.05) is 0 Å². The van der Waals surface area contributed by atoms with Crippen LogP contribution in [0.25, 0.3) is 0 Å². The minimum atomic E-state index is -1.24. The van der Waals surface area contributed by atoms with Gasteiger partial charge in [-0.2, -0.15) is 0 Å². The predicted octanol–water partition coefficient (Wildman–Crippen LogP) is 2.99. The normalized spacial score (nSPS) is 10.5. The molecule has 0 atom stereocenters. The molecule has 1 nitrogen and oxygen atoms in total. The van der Waals surface area contributed by atoms with Crippen molar-refractivity contribution >= 4 is 19.4 Å². The zero-order valence-electron chi connectivity index (χ0n) is 8.47. The van der Waals surface area contributed by atoms with Crippen molar-refractivity contribution in [3.63, 3.8) is 0 Å². The summed E-state index contributed by atoms with van der Waals surface area (Å²) in [6.45, 7) is 6.72. The monoisotopic (exact) mass is 210 g/mol. The number of hydrogen-bond acceptors (Lipinski definition) is 2. The van der Waals surface area contributed by atoms with Crippen LogP contribution in [0, 0.1) is 11.5 Å². The van der Waals surface area contributed by atoms with E-state index in [-0.39, 0.29) is 0 Å². The molecule has 3 heteroatoms. The Bertz CT molecular complexity index is 338. The highest BCUT2D eigenvalue weighted by molar-refractivity contribution is 7.14. The third kappa shape index (κ3) is 3.66. The summed E-state index contributed by atoms with van der Waals surface area (Å²) < 4.78 is 5.09. The molecule has 0 spiro atoms. The van der Waals surface area contributed by atoms with E-state index in [1.165, 1.54) is 0 Å². The van der Waals surface area contributed by atoms with Crippen LogP contribution in [-0.4, -0.2) is 15.2 Å². The molecule has 1 heterocycles. The second-order valence-electron chi connectivity index (χ2n) is 3.82. The minimum Gasteiger partial charge on any atom is -0.487 e. The minimum absolute atomic E-state index is 0.930. The first kappa shape index (κ1) is 10.4. The van der Waals surface area contributed by atoms with Crippen molar-refractivity contribution in [2.75, 3.05) is 7.11 Å². The molecule has 0 amide bonds. The Labute approximate surface area is 84.8 Å². The fraction of sp³-hybridized carbons (Fsp3) is 0.400. The molecule has 13 heavy (non-hydrogen) atoms. The molecule has 1 rings (SSSR count). The van der Waals surface area contributed by atoms with Crippen LogP contribution in [-0.2, 0) is 0 Å². The quantitative estimate of drug-likeness (QED) is 0.511. The van der Waals surface area contributed by atoms with Gasteiger partial charge in [0.15, 0.2) is 5.06 Å². The van der Waals surface area contributed by atoms with E-state index in [1.54, 1.807) is 18.4 Å². The second-order valence-corrected chi connectivity index (χ2v) is 9.62. The van der Waals surface area contributed by atoms with Crippen LogP contribution in [0.4, 0.5) is 0 Å². The molecular formula is C10H14OSSi. The van der Waals surface area contributed by atoms with Gasteiger partial charge in [0.2, 0.25) is 0 Å². The summed E-state index contributed by atoms with van der Waals surface area (Å²) in [5.74, 6) is 3.19. The van der Waals surface area contributed by atoms with Gasteiger partial charge in [0.05, 0.1) is 12.0 Å². The highest BCUT2D eigenvalue weighted by Gasteiger charge is 2.07. The Hall–Kier alpha value is -0.723. The van der Waals surface area contributed by atoms with E-state index in [2.05, 4.69) is 31.1 Å². The maximum Gasteiger partial charge on any atom is 0.174 e. The smallest absolute Gasteiger partial charge is 0.174 e. The third-order valence-corrected chi connectivity index (χ3v) is 3.18. The number of rotatable bonds is 1. The van der Waals surface area contributed by atoms with Gasteiger partial charge in [0.25, 0.3) is 0 Å². The molecule has 0 saturated carbocycles. The van der Waals surface area contributed by atoms with E-state index in [0.29, 0.717) is 0 Å². The molecule has 0 unspecified atom stereocenters. The van der Waals surface area contributed by atoms with Crippen molar-refractivity contribution < 1.29 is 4.74 Å². The summed E-state index contributed by atoms with van der Waals surface area (Å²) in [7, 11) is 0.446. The molecule has 0 aliphatic heterocycles. The van der Waals surface area contributed by atoms with Crippen molar-refractivity contribution in [2.45, 2.75) is 19.6 Å². The lowest BCUT2D eigenvalue weighted by molar-refractivity contribution is 0.427. The molecule has 0 bridgehead atoms. The third-order valence-electron chi connectivity index (χ3n) is 1.34. The number of thiophene rings is 1. The molecule has 1 aromatic rings. The first-order valence-corrected chi connectivity index (χ1v) is 8.50. The lowest BCUT2D eigenvalue weighted by Gasteiger charge is -2.02. The molecular weight excluding hydrogens is 196 g/mol. The van der Waals surface area contributed by atoms with E-state index in [9.17, 15) is 0 Å². The van der Waals surface area contributed by atoms with E-state index >= 15 is 0 Å². The van der Waals surface area contributed by atoms with Crippen LogP contribution in [0.2, 0.25) is 19.6 Å². The standard InChI is InChI=1S/C10H14OSSi/c1-11-10-6-5-9(12-10)7-8-13(2,3)4/h5-6H,1-4H3. The van der Waals surface area contributed by atoms with Gasteiger partial charge in [-0.25, -0.2) is 0 Å². The fourth-order valence-corrected chi connectivity index (χ4v) is 2.02. The molecule has 0 radical (unpaired) electrons. The SMILES string of the molecule is COc1ccc(C#C[Si](C)(C)C)s1. The first-order chi connectivity index (χ1) is 6.01. The zero-order chi connectivity index (χ0) is 9.90. The average molecular weight is 210 g/mol. The Morgan fingerprint density at radius 2 is 2.00 bits per heavy atom. The predicted molar refractivity (Wildman–Crippen MR) is 61.1 cm³/mol. The molecule has 1 aromatic heterocycles. The van der Waals surface area contributed by atoms with Gasteiger partial charge < -0.3 is 4.74 Å². The Morgan fingerprint density at radius 1 is 1.31 bits per heavy atom. The van der Waals surface area contributed by atoms with Gasteiger partial charge in [-0.3, -0.25) is 0 Å². The maximum absolute atomic E-state index is 5.09. The van der Waals surface area contributed by atoms with E-state index in [1.807, 2.05) is 12.1 Å². The Morgan fingerprint density at radius 3 is 2.46 bits per heavy atom. The van der Waals surface area contributed by atoms with E-state index in [0.717, 1.165) is 9.94 Å². The van der Waals surface area contributed by atoms with Crippen LogP contribution in [0.5, 0.6) is 5.06 Å². The topological polar surface area (TPSA) is 9.23 Å². The van der Waals surface area contributed by atoms with Gasteiger partial charge in [-0.15, -0.1) is 5.54 Å². The van der Waals surface area contributed by atoms with E-state index < -0.39 is 8.07 Å². The number of hydrogen-bond donors (Lipinski definition) is 0. The summed E-state index contributed by atoms with van der Waals surface area (Å²) in [4.78, 5) is 1.10. The molecule has 0 fully saturated rings. The fourth-order valence-electron chi connectivity index (χ4n) is 0.746. The van der Waals surface area contributed by atoms with Crippen LogP contribution < -0.4 is 4.74 Å².